The first-order valence-corrected chi connectivity index (χ1v) is 9.32. The summed E-state index contributed by atoms with van der Waals surface area (Å²) in [4.78, 5) is 41.6. The molecule has 1 aliphatic heterocycles. The Bertz CT molecular complexity index is 807. The number of likely N-dealkylation sites (N-methyl/N-ethyl adjacent to an activating group) is 1. The largest absolute Gasteiger partial charge is 0.339 e. The van der Waals surface area contributed by atoms with Crippen molar-refractivity contribution in [3.8, 4) is 0 Å². The molecule has 136 valence electrons. The zero-order valence-corrected chi connectivity index (χ0v) is 15.6. The Morgan fingerprint density at radius 2 is 1.92 bits per heavy atom. The average Bonchev–Trinajstić information content (AvgIpc) is 3.24. The lowest BCUT2D eigenvalue weighted by atomic mass is 9.87. The predicted octanol–water partition coefficient (Wildman–Crippen LogP) is 2.56. The maximum Gasteiger partial charge on any atom is 0.325 e. The summed E-state index contributed by atoms with van der Waals surface area (Å²) in [6.07, 6.45) is 0.414. The standard InChI is InChI=1S/C19H21N3O3S/c1-3-19(14-8-5-4-6-9-14)17(24)22(18(25)20-19)13-16(23)21(2)12-15-10-7-11-26-15/h4-11H,3,12-13H2,1-2H3,(H,20,25)/t19-/m1/s1. The Kier molecular flexibility index (Phi) is 5.08. The van der Waals surface area contributed by atoms with Crippen LogP contribution in [-0.2, 0) is 21.7 Å². The second-order valence-electron chi connectivity index (χ2n) is 6.28. The monoisotopic (exact) mass is 371 g/mol. The highest BCUT2D eigenvalue weighted by Gasteiger charge is 2.51. The molecule has 1 saturated heterocycles. The Balaban J connectivity index is 1.75. The van der Waals surface area contributed by atoms with E-state index in [4.69, 9.17) is 0 Å². The summed E-state index contributed by atoms with van der Waals surface area (Å²) in [6.45, 7) is 2.04. The van der Waals surface area contributed by atoms with Crippen LogP contribution in [0.3, 0.4) is 0 Å². The molecule has 1 atom stereocenters. The van der Waals surface area contributed by atoms with Crippen molar-refractivity contribution in [2.24, 2.45) is 0 Å². The van der Waals surface area contributed by atoms with Crippen molar-refractivity contribution in [1.29, 1.82) is 0 Å². The van der Waals surface area contributed by atoms with Gasteiger partial charge in [-0.05, 0) is 23.4 Å². The van der Waals surface area contributed by atoms with Crippen LogP contribution < -0.4 is 5.32 Å². The molecular weight excluding hydrogens is 350 g/mol. The smallest absolute Gasteiger partial charge is 0.325 e. The number of nitrogens with one attached hydrogen (secondary N) is 1. The van der Waals surface area contributed by atoms with Crippen LogP contribution >= 0.6 is 11.3 Å². The highest BCUT2D eigenvalue weighted by atomic mass is 32.1. The Morgan fingerprint density at radius 1 is 1.19 bits per heavy atom. The van der Waals surface area contributed by atoms with Crippen LogP contribution in [0.5, 0.6) is 0 Å². The molecule has 26 heavy (non-hydrogen) atoms. The molecule has 6 nitrogen and oxygen atoms in total. The molecule has 0 radical (unpaired) electrons. The van der Waals surface area contributed by atoms with Crippen molar-refractivity contribution in [3.05, 3.63) is 58.3 Å². The second kappa shape index (κ2) is 7.29. The number of nitrogens with zero attached hydrogens (tertiary/aromatic N) is 2. The summed E-state index contributed by atoms with van der Waals surface area (Å²) < 4.78 is 0. The van der Waals surface area contributed by atoms with Gasteiger partial charge in [0, 0.05) is 11.9 Å². The van der Waals surface area contributed by atoms with E-state index in [9.17, 15) is 14.4 Å². The van der Waals surface area contributed by atoms with Crippen molar-refractivity contribution < 1.29 is 14.4 Å². The van der Waals surface area contributed by atoms with E-state index in [2.05, 4.69) is 5.32 Å². The van der Waals surface area contributed by atoms with Gasteiger partial charge in [-0.15, -0.1) is 11.3 Å². The second-order valence-corrected chi connectivity index (χ2v) is 7.31. The molecule has 1 aromatic heterocycles. The number of amides is 4. The molecule has 1 N–H and O–H groups in total. The normalized spacial score (nSPS) is 19.5. The lowest BCUT2D eigenvalue weighted by Gasteiger charge is -2.26. The lowest BCUT2D eigenvalue weighted by Crippen LogP contribution is -2.45. The van der Waals surface area contributed by atoms with Crippen LogP contribution in [0.25, 0.3) is 0 Å². The molecular formula is C19H21N3O3S. The highest BCUT2D eigenvalue weighted by Crippen LogP contribution is 2.32. The Labute approximate surface area is 156 Å². The Hall–Kier alpha value is -2.67. The van der Waals surface area contributed by atoms with E-state index >= 15 is 0 Å². The van der Waals surface area contributed by atoms with Crippen molar-refractivity contribution in [1.82, 2.24) is 15.1 Å². The number of urea groups is 1. The summed E-state index contributed by atoms with van der Waals surface area (Å²) in [5.41, 5.74) is -0.381. The summed E-state index contributed by atoms with van der Waals surface area (Å²) in [6, 6.07) is 12.5. The van der Waals surface area contributed by atoms with Gasteiger partial charge in [0.05, 0.1) is 6.54 Å². The van der Waals surface area contributed by atoms with Crippen molar-refractivity contribution in [2.45, 2.75) is 25.4 Å². The van der Waals surface area contributed by atoms with Crippen molar-refractivity contribution in [3.63, 3.8) is 0 Å². The quantitative estimate of drug-likeness (QED) is 0.794. The fraction of sp³-hybridized carbons (Fsp3) is 0.316. The minimum atomic E-state index is -1.11. The van der Waals surface area contributed by atoms with E-state index in [1.165, 1.54) is 4.90 Å². The minimum absolute atomic E-state index is 0.263. The third-order valence-electron chi connectivity index (χ3n) is 4.66. The third kappa shape index (κ3) is 3.22. The van der Waals surface area contributed by atoms with Gasteiger partial charge in [0.2, 0.25) is 5.91 Å². The summed E-state index contributed by atoms with van der Waals surface area (Å²) >= 11 is 1.56. The molecule has 2 aromatic rings. The number of carbonyl (C=O) groups excluding carboxylic acids is 3. The SMILES string of the molecule is CC[C@]1(c2ccccc2)NC(=O)N(CC(=O)N(C)Cc2cccs2)C1=O. The van der Waals surface area contributed by atoms with Gasteiger partial charge in [0.1, 0.15) is 12.1 Å². The molecule has 1 aliphatic rings. The molecule has 0 unspecified atom stereocenters. The average molecular weight is 371 g/mol. The number of rotatable bonds is 6. The molecule has 0 spiro atoms. The van der Waals surface area contributed by atoms with E-state index in [0.717, 1.165) is 15.3 Å². The molecule has 0 bridgehead atoms. The van der Waals surface area contributed by atoms with E-state index in [0.29, 0.717) is 13.0 Å². The van der Waals surface area contributed by atoms with Crippen LogP contribution in [-0.4, -0.2) is 41.2 Å². The summed E-state index contributed by atoms with van der Waals surface area (Å²) in [5, 5.41) is 4.74. The molecule has 4 amide bonds. The zero-order chi connectivity index (χ0) is 18.7. The third-order valence-corrected chi connectivity index (χ3v) is 5.53. The first-order chi connectivity index (χ1) is 12.5. The number of benzene rings is 1. The van der Waals surface area contributed by atoms with Gasteiger partial charge < -0.3 is 10.2 Å². The van der Waals surface area contributed by atoms with Crippen LogP contribution in [0.1, 0.15) is 23.8 Å². The van der Waals surface area contributed by atoms with Gasteiger partial charge in [0.25, 0.3) is 5.91 Å². The zero-order valence-electron chi connectivity index (χ0n) is 14.8. The fourth-order valence-corrected chi connectivity index (χ4v) is 3.87. The summed E-state index contributed by atoms with van der Waals surface area (Å²) in [5.74, 6) is -0.657. The summed E-state index contributed by atoms with van der Waals surface area (Å²) in [7, 11) is 1.67. The van der Waals surface area contributed by atoms with Crippen LogP contribution in [0.15, 0.2) is 47.8 Å². The molecule has 1 fully saturated rings. The number of imide groups is 1. The van der Waals surface area contributed by atoms with E-state index in [-0.39, 0.29) is 18.4 Å². The van der Waals surface area contributed by atoms with Crippen LogP contribution in [0.4, 0.5) is 4.79 Å². The molecule has 1 aromatic carbocycles. The van der Waals surface area contributed by atoms with Gasteiger partial charge in [-0.1, -0.05) is 43.3 Å². The van der Waals surface area contributed by atoms with Crippen molar-refractivity contribution in [2.75, 3.05) is 13.6 Å². The van der Waals surface area contributed by atoms with Crippen LogP contribution in [0.2, 0.25) is 0 Å². The molecule has 7 heteroatoms. The van der Waals surface area contributed by atoms with Gasteiger partial charge in [-0.25, -0.2) is 4.79 Å². The van der Waals surface area contributed by atoms with Gasteiger partial charge >= 0.3 is 6.03 Å². The van der Waals surface area contributed by atoms with Gasteiger partial charge in [-0.3, -0.25) is 14.5 Å². The maximum atomic E-state index is 13.0. The number of hydrogen-bond acceptors (Lipinski definition) is 4. The molecule has 2 heterocycles. The minimum Gasteiger partial charge on any atom is -0.339 e. The first-order valence-electron chi connectivity index (χ1n) is 8.44. The lowest BCUT2D eigenvalue weighted by molar-refractivity contribution is -0.138. The number of hydrogen-bond donors (Lipinski definition) is 1. The van der Waals surface area contributed by atoms with Crippen molar-refractivity contribution >= 4 is 29.2 Å². The molecule has 3 rings (SSSR count). The maximum absolute atomic E-state index is 13.0. The van der Waals surface area contributed by atoms with Gasteiger partial charge in [-0.2, -0.15) is 0 Å². The molecule has 0 aliphatic carbocycles. The molecule has 0 saturated carbocycles. The van der Waals surface area contributed by atoms with E-state index in [1.54, 1.807) is 18.4 Å². The first kappa shape index (κ1) is 18.1. The topological polar surface area (TPSA) is 69.7 Å². The van der Waals surface area contributed by atoms with Crippen LogP contribution in [0, 0.1) is 0 Å². The van der Waals surface area contributed by atoms with E-state index in [1.807, 2.05) is 54.8 Å². The number of thiophene rings is 1. The number of carbonyl (C=O) groups is 3. The Morgan fingerprint density at radius 3 is 2.54 bits per heavy atom. The fourth-order valence-electron chi connectivity index (χ4n) is 3.11. The van der Waals surface area contributed by atoms with Gasteiger partial charge in [0.15, 0.2) is 0 Å². The predicted molar refractivity (Wildman–Crippen MR) is 99.4 cm³/mol. The highest BCUT2D eigenvalue weighted by molar-refractivity contribution is 7.09. The van der Waals surface area contributed by atoms with E-state index < -0.39 is 11.6 Å².